The number of nitrogens with zero attached hydrogens (tertiary/aromatic N) is 2. The number of hydrogen-bond acceptors (Lipinski definition) is 6. The fraction of sp³-hybridized carbons (Fsp3) is 0.176. The van der Waals surface area contributed by atoms with Gasteiger partial charge in [-0.05, 0) is 24.3 Å². The highest BCUT2D eigenvalue weighted by molar-refractivity contribution is 7.92. The van der Waals surface area contributed by atoms with Crippen molar-refractivity contribution in [1.29, 1.82) is 0 Å². The molecule has 1 aliphatic rings. The summed E-state index contributed by atoms with van der Waals surface area (Å²) in [5.74, 6) is -0.534. The van der Waals surface area contributed by atoms with E-state index in [9.17, 15) is 18.0 Å². The van der Waals surface area contributed by atoms with Crippen molar-refractivity contribution < 1.29 is 22.4 Å². The highest BCUT2D eigenvalue weighted by Gasteiger charge is 2.26. The maximum Gasteiger partial charge on any atom is 0.419 e. The van der Waals surface area contributed by atoms with Crippen LogP contribution in [0.1, 0.15) is 0 Å². The number of benzene rings is 2. The first-order valence-electron chi connectivity index (χ1n) is 7.93. The van der Waals surface area contributed by atoms with Gasteiger partial charge in [0.25, 0.3) is 15.9 Å². The summed E-state index contributed by atoms with van der Waals surface area (Å²) in [7, 11) is -0.853. The Labute approximate surface area is 153 Å². The molecule has 1 N–H and O–H groups in total. The molecule has 0 atom stereocenters. The van der Waals surface area contributed by atoms with Gasteiger partial charge in [0.05, 0.1) is 21.8 Å². The van der Waals surface area contributed by atoms with Crippen molar-refractivity contribution in [2.75, 3.05) is 23.3 Å². The fourth-order valence-electron chi connectivity index (χ4n) is 2.87. The highest BCUT2D eigenvalue weighted by atomic mass is 32.2. The average molecular weight is 389 g/mol. The van der Waals surface area contributed by atoms with Crippen molar-refractivity contribution in [1.82, 2.24) is 4.57 Å². The van der Waals surface area contributed by atoms with Crippen molar-refractivity contribution >= 4 is 38.4 Å². The van der Waals surface area contributed by atoms with E-state index in [2.05, 4.69) is 4.72 Å². The van der Waals surface area contributed by atoms with Gasteiger partial charge in [-0.3, -0.25) is 14.1 Å². The number of fused-ring (bicyclic) bond motifs is 2. The minimum absolute atomic E-state index is 0.0674. The molecule has 3 aromatic rings. The summed E-state index contributed by atoms with van der Waals surface area (Å²) in [6.45, 7) is -0.177. The Morgan fingerprint density at radius 2 is 1.89 bits per heavy atom. The molecule has 1 amide bonds. The lowest BCUT2D eigenvalue weighted by Gasteiger charge is -2.27. The molecule has 140 valence electrons. The van der Waals surface area contributed by atoms with Gasteiger partial charge in [-0.25, -0.2) is 13.2 Å². The molecule has 2 aromatic carbocycles. The van der Waals surface area contributed by atoms with Crippen LogP contribution in [-0.4, -0.2) is 32.5 Å². The van der Waals surface area contributed by atoms with E-state index in [1.807, 2.05) is 0 Å². The van der Waals surface area contributed by atoms with Gasteiger partial charge < -0.3 is 14.1 Å². The molecular formula is C17H15N3O6S. The smallest absolute Gasteiger partial charge is 0.419 e. The molecule has 1 aliphatic heterocycles. The van der Waals surface area contributed by atoms with Crippen LogP contribution in [0.4, 0.5) is 11.4 Å². The van der Waals surface area contributed by atoms with Gasteiger partial charge in [0, 0.05) is 20.2 Å². The van der Waals surface area contributed by atoms with Gasteiger partial charge in [0.15, 0.2) is 17.9 Å². The topological polar surface area (TPSA) is 111 Å². The third-order valence-electron chi connectivity index (χ3n) is 4.39. The van der Waals surface area contributed by atoms with Gasteiger partial charge in [0.1, 0.15) is 0 Å². The number of oxazole rings is 1. The summed E-state index contributed by atoms with van der Waals surface area (Å²) in [5.41, 5.74) is 1.33. The van der Waals surface area contributed by atoms with E-state index in [0.29, 0.717) is 11.2 Å². The van der Waals surface area contributed by atoms with Gasteiger partial charge in [-0.15, -0.1) is 0 Å². The lowest BCUT2D eigenvalue weighted by molar-refractivity contribution is -0.120. The molecule has 1 aromatic heterocycles. The van der Waals surface area contributed by atoms with Crippen LogP contribution in [0.2, 0.25) is 0 Å². The number of carbonyl (C=O) groups excluding carboxylic acids is 1. The van der Waals surface area contributed by atoms with E-state index in [0.717, 1.165) is 0 Å². The molecule has 27 heavy (non-hydrogen) atoms. The first-order valence-corrected chi connectivity index (χ1v) is 9.41. The van der Waals surface area contributed by atoms with Crippen molar-refractivity contribution in [2.45, 2.75) is 4.90 Å². The molecule has 0 unspecified atom stereocenters. The molecule has 2 heterocycles. The molecule has 10 heteroatoms. The number of amides is 1. The Balaban J connectivity index is 1.75. The molecule has 4 rings (SSSR count). The molecule has 0 aliphatic carbocycles. The first kappa shape index (κ1) is 17.2. The van der Waals surface area contributed by atoms with Crippen molar-refractivity contribution in [2.24, 2.45) is 7.05 Å². The average Bonchev–Trinajstić information content (AvgIpc) is 2.92. The minimum Gasteiger partial charge on any atom is -0.479 e. The van der Waals surface area contributed by atoms with Crippen molar-refractivity contribution in [3.05, 3.63) is 46.9 Å². The maximum absolute atomic E-state index is 12.8. The molecule has 0 bridgehead atoms. The Morgan fingerprint density at radius 3 is 2.67 bits per heavy atom. The van der Waals surface area contributed by atoms with Crippen molar-refractivity contribution in [3.63, 3.8) is 0 Å². The Morgan fingerprint density at radius 1 is 1.11 bits per heavy atom. The number of aromatic nitrogens is 1. The van der Waals surface area contributed by atoms with E-state index < -0.39 is 15.8 Å². The molecular weight excluding hydrogens is 374 g/mol. The van der Waals surface area contributed by atoms with Gasteiger partial charge >= 0.3 is 5.76 Å². The van der Waals surface area contributed by atoms with Gasteiger partial charge in [0.2, 0.25) is 0 Å². The zero-order valence-electron chi connectivity index (χ0n) is 14.4. The van der Waals surface area contributed by atoms with Crippen LogP contribution >= 0.6 is 0 Å². The number of anilines is 2. The Bertz CT molecular complexity index is 1240. The van der Waals surface area contributed by atoms with Crippen LogP contribution in [0, 0.1) is 0 Å². The quantitative estimate of drug-likeness (QED) is 0.723. The van der Waals surface area contributed by atoms with E-state index >= 15 is 0 Å². The molecule has 0 saturated heterocycles. The van der Waals surface area contributed by atoms with Crippen LogP contribution < -0.4 is 20.1 Å². The number of sulfonamides is 1. The number of nitrogens with one attached hydrogen (secondary N) is 1. The third kappa shape index (κ3) is 2.74. The van der Waals surface area contributed by atoms with E-state index in [-0.39, 0.29) is 34.4 Å². The second-order valence-corrected chi connectivity index (χ2v) is 7.74. The normalized spacial score (nSPS) is 14.1. The zero-order chi connectivity index (χ0) is 19.3. The van der Waals surface area contributed by atoms with Crippen molar-refractivity contribution in [3.8, 4) is 5.75 Å². The number of para-hydroxylation sites is 1. The number of hydrogen-bond donors (Lipinski definition) is 1. The third-order valence-corrected chi connectivity index (χ3v) is 5.75. The zero-order valence-corrected chi connectivity index (χ0v) is 15.2. The van der Waals surface area contributed by atoms with Crippen LogP contribution in [-0.2, 0) is 21.9 Å². The monoisotopic (exact) mass is 389 g/mol. The predicted molar refractivity (Wildman–Crippen MR) is 97.6 cm³/mol. The minimum atomic E-state index is -3.98. The molecule has 0 radical (unpaired) electrons. The molecule has 0 fully saturated rings. The van der Waals surface area contributed by atoms with E-state index in [4.69, 9.17) is 9.15 Å². The molecule has 0 saturated carbocycles. The summed E-state index contributed by atoms with van der Waals surface area (Å²) in [6.07, 6.45) is 0. The number of likely N-dealkylation sites (N-methyl/N-ethyl adjacent to an activating group) is 1. The highest BCUT2D eigenvalue weighted by Crippen LogP contribution is 2.39. The number of ether oxygens (including phenoxy) is 1. The Hall–Kier alpha value is -3.27. The summed E-state index contributed by atoms with van der Waals surface area (Å²) in [4.78, 5) is 24.7. The van der Waals surface area contributed by atoms with Crippen LogP contribution in [0.5, 0.6) is 5.75 Å². The second-order valence-electron chi connectivity index (χ2n) is 6.06. The largest absolute Gasteiger partial charge is 0.479 e. The molecule has 0 spiro atoms. The lowest BCUT2D eigenvalue weighted by Crippen LogP contribution is -2.35. The van der Waals surface area contributed by atoms with Crippen LogP contribution in [0.15, 0.2) is 50.5 Å². The van der Waals surface area contributed by atoms with Gasteiger partial charge in [-0.1, -0.05) is 6.07 Å². The van der Waals surface area contributed by atoms with Crippen LogP contribution in [0.3, 0.4) is 0 Å². The maximum atomic E-state index is 12.8. The first-order chi connectivity index (χ1) is 12.8. The summed E-state index contributed by atoms with van der Waals surface area (Å²) in [5, 5.41) is 0. The number of rotatable bonds is 3. The van der Waals surface area contributed by atoms with E-state index in [1.54, 1.807) is 25.2 Å². The SMILES string of the molecule is CN1C(=O)COc2c(NS(=O)(=O)c3ccc4c(c3)oc(=O)n4C)cccc21. The summed E-state index contributed by atoms with van der Waals surface area (Å²) in [6, 6.07) is 8.99. The Kier molecular flexibility index (Phi) is 3.74. The number of carbonyl (C=O) groups is 1. The predicted octanol–water partition coefficient (Wildman–Crippen LogP) is 1.29. The van der Waals surface area contributed by atoms with E-state index in [1.165, 1.54) is 34.7 Å². The summed E-state index contributed by atoms with van der Waals surface area (Å²) >= 11 is 0. The molecule has 9 nitrogen and oxygen atoms in total. The van der Waals surface area contributed by atoms with Gasteiger partial charge in [-0.2, -0.15) is 0 Å². The number of aryl methyl sites for hydroxylation is 1. The summed E-state index contributed by atoms with van der Waals surface area (Å²) < 4.78 is 39.8. The lowest BCUT2D eigenvalue weighted by atomic mass is 10.2. The second kappa shape index (κ2) is 5.88. The van der Waals surface area contributed by atoms with Crippen LogP contribution in [0.25, 0.3) is 11.1 Å². The standard InChI is InChI=1S/C17H15N3O6S/c1-19-13-5-3-4-11(16(13)25-9-15(19)21)18-27(23,24)10-6-7-12-14(8-10)26-17(22)20(12)2/h3-8,18H,9H2,1-2H3. The fourth-order valence-corrected chi connectivity index (χ4v) is 3.95.